The maximum Gasteiger partial charge on any atom is 0.416 e. The summed E-state index contributed by atoms with van der Waals surface area (Å²) in [6.07, 6.45) is -9.96. The maximum absolute atomic E-state index is 13.7. The van der Waals surface area contributed by atoms with Crippen molar-refractivity contribution in [3.05, 3.63) is 137 Å². The molecule has 0 heterocycles. The van der Waals surface area contributed by atoms with Gasteiger partial charge in [-0.05, 0) is 41.0 Å². The number of rotatable bonds is 9. The van der Waals surface area contributed by atoms with Crippen LogP contribution in [-0.2, 0) is 23.7 Å². The summed E-state index contributed by atoms with van der Waals surface area (Å²) in [5, 5.41) is 5.60. The molecule has 1 unspecified atom stereocenters. The van der Waals surface area contributed by atoms with Crippen LogP contribution in [0.4, 0.5) is 36.8 Å². The number of carbonyl (C=O) groups is 1. The molecule has 41 heavy (non-hydrogen) atoms. The summed E-state index contributed by atoms with van der Waals surface area (Å²) in [6, 6.07) is 27.2. The first-order valence-electron chi connectivity index (χ1n) is 12.6. The molecule has 0 saturated heterocycles. The smallest absolute Gasteiger partial charge is 0.375 e. The number of amides is 2. The van der Waals surface area contributed by atoms with Crippen LogP contribution in [0.2, 0.25) is 0 Å². The first kappa shape index (κ1) is 29.7. The van der Waals surface area contributed by atoms with Crippen LogP contribution in [0.1, 0.15) is 33.7 Å². The van der Waals surface area contributed by atoms with Crippen LogP contribution in [0.5, 0.6) is 0 Å². The lowest BCUT2D eigenvalue weighted by molar-refractivity contribution is -0.143. The highest BCUT2D eigenvalue weighted by Gasteiger charge is 2.38. The molecule has 0 bridgehead atoms. The SMILES string of the molecule is O=C(Nc1ccccc1)NC(COCc1ccc(C(F)(F)F)cc1C(F)(F)F)C(c1ccccc1)c1ccccc1. The second kappa shape index (κ2) is 12.9. The standard InChI is InChI=1S/C31H26F6N2O2/c32-30(33,34)24-17-16-23(26(18-24)31(35,36)37)19-41-20-27(39-29(40)38-25-14-8-3-9-15-25)28(21-10-4-1-5-11-21)22-12-6-2-7-13-22/h1-18,27-28H,19-20H2,(H2,38,39,40). The Labute approximate surface area is 233 Å². The number of carbonyl (C=O) groups excluding carboxylic acids is 1. The minimum Gasteiger partial charge on any atom is -0.375 e. The Kier molecular flexibility index (Phi) is 9.34. The molecule has 214 valence electrons. The highest BCUT2D eigenvalue weighted by molar-refractivity contribution is 5.89. The van der Waals surface area contributed by atoms with Crippen molar-refractivity contribution in [1.29, 1.82) is 0 Å². The van der Waals surface area contributed by atoms with Gasteiger partial charge in [-0.1, -0.05) is 84.9 Å². The molecule has 0 aliphatic rings. The lowest BCUT2D eigenvalue weighted by atomic mass is 9.85. The van der Waals surface area contributed by atoms with Crippen LogP contribution < -0.4 is 10.6 Å². The van der Waals surface area contributed by atoms with Gasteiger partial charge in [0.25, 0.3) is 0 Å². The van der Waals surface area contributed by atoms with E-state index in [1.807, 2.05) is 60.7 Å². The first-order valence-corrected chi connectivity index (χ1v) is 12.6. The molecular weight excluding hydrogens is 546 g/mol. The summed E-state index contributed by atoms with van der Waals surface area (Å²) < 4.78 is 86.0. The van der Waals surface area contributed by atoms with Gasteiger partial charge in [-0.2, -0.15) is 26.3 Å². The van der Waals surface area contributed by atoms with E-state index in [9.17, 15) is 31.1 Å². The summed E-state index contributed by atoms with van der Waals surface area (Å²) in [7, 11) is 0. The van der Waals surface area contributed by atoms with Crippen molar-refractivity contribution in [2.24, 2.45) is 0 Å². The van der Waals surface area contributed by atoms with E-state index < -0.39 is 53.6 Å². The molecule has 0 aliphatic heterocycles. The van der Waals surface area contributed by atoms with Crippen LogP contribution in [-0.4, -0.2) is 18.7 Å². The molecule has 4 aromatic carbocycles. The van der Waals surface area contributed by atoms with Crippen LogP contribution in [0.25, 0.3) is 0 Å². The molecule has 2 N–H and O–H groups in total. The van der Waals surface area contributed by atoms with E-state index in [4.69, 9.17) is 4.74 Å². The Morgan fingerprint density at radius 1 is 0.707 bits per heavy atom. The van der Waals surface area contributed by atoms with Gasteiger partial charge in [0, 0.05) is 11.6 Å². The molecule has 0 aliphatic carbocycles. The third-order valence-electron chi connectivity index (χ3n) is 6.37. The van der Waals surface area contributed by atoms with Gasteiger partial charge in [-0.25, -0.2) is 4.79 Å². The minimum absolute atomic E-state index is 0.0818. The average Bonchev–Trinajstić information content (AvgIpc) is 2.94. The van der Waals surface area contributed by atoms with Gasteiger partial charge < -0.3 is 15.4 Å². The van der Waals surface area contributed by atoms with Crippen LogP contribution in [0, 0.1) is 0 Å². The van der Waals surface area contributed by atoms with Gasteiger partial charge in [0.1, 0.15) is 0 Å². The minimum atomic E-state index is -5.02. The Hall–Kier alpha value is -4.31. The third-order valence-corrected chi connectivity index (χ3v) is 6.37. The van der Waals surface area contributed by atoms with Crippen molar-refractivity contribution < 1.29 is 35.9 Å². The van der Waals surface area contributed by atoms with E-state index in [2.05, 4.69) is 10.6 Å². The highest BCUT2D eigenvalue weighted by Crippen LogP contribution is 2.38. The van der Waals surface area contributed by atoms with Crippen LogP contribution >= 0.6 is 0 Å². The summed E-state index contributed by atoms with van der Waals surface area (Å²) in [6.45, 7) is -0.864. The van der Waals surface area contributed by atoms with Crippen molar-refractivity contribution in [1.82, 2.24) is 5.32 Å². The summed E-state index contributed by atoms with van der Waals surface area (Å²) in [5.41, 5.74) is -1.12. The van der Waals surface area contributed by atoms with Crippen molar-refractivity contribution >= 4 is 11.7 Å². The fourth-order valence-corrected chi connectivity index (χ4v) is 4.49. The summed E-state index contributed by atoms with van der Waals surface area (Å²) in [4.78, 5) is 13.0. The van der Waals surface area contributed by atoms with E-state index >= 15 is 0 Å². The quantitative estimate of drug-likeness (QED) is 0.199. The van der Waals surface area contributed by atoms with Crippen molar-refractivity contribution in [3.8, 4) is 0 Å². The fourth-order valence-electron chi connectivity index (χ4n) is 4.49. The lowest BCUT2D eigenvalue weighted by Crippen LogP contribution is -2.45. The van der Waals surface area contributed by atoms with Gasteiger partial charge in [-0.3, -0.25) is 0 Å². The van der Waals surface area contributed by atoms with Gasteiger partial charge >= 0.3 is 18.4 Å². The largest absolute Gasteiger partial charge is 0.416 e. The zero-order chi connectivity index (χ0) is 29.5. The molecule has 0 fully saturated rings. The Balaban J connectivity index is 1.62. The molecule has 4 aromatic rings. The number of urea groups is 1. The molecule has 4 nitrogen and oxygen atoms in total. The predicted molar refractivity (Wildman–Crippen MR) is 143 cm³/mol. The lowest BCUT2D eigenvalue weighted by Gasteiger charge is -2.29. The number of halogens is 6. The summed E-state index contributed by atoms with van der Waals surface area (Å²) in [5.74, 6) is -0.464. The summed E-state index contributed by atoms with van der Waals surface area (Å²) >= 11 is 0. The molecule has 0 spiro atoms. The second-order valence-electron chi connectivity index (χ2n) is 9.25. The second-order valence-corrected chi connectivity index (χ2v) is 9.25. The molecular formula is C31H26F6N2O2. The van der Waals surface area contributed by atoms with Gasteiger partial charge in [0.2, 0.25) is 0 Å². The normalized spacial score (nSPS) is 12.7. The van der Waals surface area contributed by atoms with E-state index in [1.54, 1.807) is 30.3 Å². The van der Waals surface area contributed by atoms with Crippen molar-refractivity contribution in [2.45, 2.75) is 30.9 Å². The first-order chi connectivity index (χ1) is 19.5. The topological polar surface area (TPSA) is 50.4 Å². The number of ether oxygens (including phenoxy) is 1. The van der Waals surface area contributed by atoms with E-state index in [0.717, 1.165) is 17.2 Å². The molecule has 0 aromatic heterocycles. The average molecular weight is 573 g/mol. The number of para-hydroxylation sites is 1. The number of benzene rings is 4. The predicted octanol–water partition coefficient (Wildman–Crippen LogP) is 8.26. The zero-order valence-electron chi connectivity index (χ0n) is 21.5. The highest BCUT2D eigenvalue weighted by atomic mass is 19.4. The van der Waals surface area contributed by atoms with E-state index in [1.165, 1.54) is 0 Å². The van der Waals surface area contributed by atoms with Crippen molar-refractivity contribution in [3.63, 3.8) is 0 Å². The van der Waals surface area contributed by atoms with E-state index in [0.29, 0.717) is 11.8 Å². The molecule has 4 rings (SSSR count). The zero-order valence-corrected chi connectivity index (χ0v) is 21.5. The molecule has 1 atom stereocenters. The number of anilines is 1. The van der Waals surface area contributed by atoms with Crippen LogP contribution in [0.3, 0.4) is 0 Å². The van der Waals surface area contributed by atoms with Gasteiger partial charge in [0.05, 0.1) is 30.4 Å². The van der Waals surface area contributed by atoms with E-state index in [-0.39, 0.29) is 12.7 Å². The van der Waals surface area contributed by atoms with Crippen LogP contribution in [0.15, 0.2) is 109 Å². The third kappa shape index (κ3) is 8.11. The Morgan fingerprint density at radius 3 is 1.76 bits per heavy atom. The van der Waals surface area contributed by atoms with Gasteiger partial charge in [0.15, 0.2) is 0 Å². The molecule has 0 radical (unpaired) electrons. The molecule has 2 amide bonds. The Morgan fingerprint density at radius 2 is 1.24 bits per heavy atom. The maximum atomic E-state index is 13.7. The number of hydrogen-bond acceptors (Lipinski definition) is 2. The number of hydrogen-bond donors (Lipinski definition) is 2. The molecule has 0 saturated carbocycles. The van der Waals surface area contributed by atoms with Gasteiger partial charge in [-0.15, -0.1) is 0 Å². The number of alkyl halides is 6. The fraction of sp³-hybridized carbons (Fsp3) is 0.194. The van der Waals surface area contributed by atoms with Crippen molar-refractivity contribution in [2.75, 3.05) is 11.9 Å². The molecule has 10 heteroatoms. The Bertz CT molecular complexity index is 1370. The number of nitrogens with one attached hydrogen (secondary N) is 2. The monoisotopic (exact) mass is 572 g/mol.